The van der Waals surface area contributed by atoms with Crippen LogP contribution in [0.4, 0.5) is 9.59 Å². The van der Waals surface area contributed by atoms with E-state index in [4.69, 9.17) is 9.47 Å². The van der Waals surface area contributed by atoms with Crippen molar-refractivity contribution in [1.29, 1.82) is 0 Å². The molecule has 250 valence electrons. The van der Waals surface area contributed by atoms with Crippen LogP contribution < -0.4 is 15.2 Å². The summed E-state index contributed by atoms with van der Waals surface area (Å²) < 4.78 is 13.6. The number of alkyl carbamates (subject to hydrolysis) is 1. The van der Waals surface area contributed by atoms with Gasteiger partial charge in [0.25, 0.3) is 0 Å². The highest BCUT2D eigenvalue weighted by Gasteiger charge is 2.24. The molecule has 43 heavy (non-hydrogen) atoms. The van der Waals surface area contributed by atoms with Gasteiger partial charge in [0, 0.05) is 32.7 Å². The molecule has 0 bridgehead atoms. The molecule has 1 heterocycles. The van der Waals surface area contributed by atoms with Crippen molar-refractivity contribution in [3.63, 3.8) is 0 Å². The highest BCUT2D eigenvalue weighted by atomic mass is 32.1. The van der Waals surface area contributed by atoms with E-state index >= 15 is 0 Å². The predicted molar refractivity (Wildman–Crippen MR) is 179 cm³/mol. The molecule has 1 rings (SSSR count). The predicted octanol–water partition coefficient (Wildman–Crippen LogP) is 8.24. The van der Waals surface area contributed by atoms with Crippen LogP contribution >= 0.6 is 11.3 Å². The van der Waals surface area contributed by atoms with Gasteiger partial charge >= 0.3 is 12.1 Å². The smallest absolute Gasteiger partial charge is 0.407 e. The van der Waals surface area contributed by atoms with E-state index < -0.39 is 12.2 Å². The Hall–Kier alpha value is -1.87. The molecule has 0 aliphatic heterocycles. The van der Waals surface area contributed by atoms with Crippen molar-refractivity contribution in [2.24, 2.45) is 0 Å². The molecular weight excluding hydrogens is 560 g/mol. The topological polar surface area (TPSA) is 83.8 Å². The van der Waals surface area contributed by atoms with Crippen LogP contribution in [0.5, 0.6) is 0 Å². The van der Waals surface area contributed by atoms with Crippen molar-refractivity contribution in [2.45, 2.75) is 155 Å². The summed E-state index contributed by atoms with van der Waals surface area (Å²) in [5, 5.41) is 7.64. The summed E-state index contributed by atoms with van der Waals surface area (Å²) in [6, 6.07) is -0.140. The molecule has 0 saturated heterocycles. The molecule has 0 radical (unpaired) electrons. The van der Waals surface area contributed by atoms with E-state index in [0.717, 1.165) is 32.2 Å². The Morgan fingerprint density at radius 3 is 1.93 bits per heavy atom. The van der Waals surface area contributed by atoms with Crippen LogP contribution in [-0.4, -0.2) is 62.5 Å². The summed E-state index contributed by atoms with van der Waals surface area (Å²) in [6.07, 6.45) is 24.3. The summed E-state index contributed by atoms with van der Waals surface area (Å²) >= 11 is 1.68. The van der Waals surface area contributed by atoms with Gasteiger partial charge in [0.05, 0.1) is 18.5 Å². The number of thiazole rings is 1. The maximum atomic E-state index is 13.0. The number of aryl methyl sites for hydroxylation is 1. The lowest BCUT2D eigenvalue weighted by molar-refractivity contribution is -0.692. The van der Waals surface area contributed by atoms with Gasteiger partial charge in [0.15, 0.2) is 6.20 Å². The number of urea groups is 1. The first-order valence-corrected chi connectivity index (χ1v) is 18.3. The van der Waals surface area contributed by atoms with E-state index in [9.17, 15) is 9.59 Å². The minimum absolute atomic E-state index is 0.0239. The van der Waals surface area contributed by atoms with Gasteiger partial charge < -0.3 is 25.0 Å². The van der Waals surface area contributed by atoms with Gasteiger partial charge in [-0.3, -0.25) is 0 Å². The zero-order valence-electron chi connectivity index (χ0n) is 28.1. The quantitative estimate of drug-likeness (QED) is 0.0726. The van der Waals surface area contributed by atoms with Crippen LogP contribution in [0.2, 0.25) is 0 Å². The van der Waals surface area contributed by atoms with Crippen LogP contribution in [-0.2, 0) is 16.0 Å². The zero-order chi connectivity index (χ0) is 31.4. The Labute approximate surface area is 267 Å². The van der Waals surface area contributed by atoms with Crippen LogP contribution in [0.1, 0.15) is 136 Å². The Morgan fingerprint density at radius 2 is 1.42 bits per heavy atom. The fraction of sp³-hybridized carbons (Fsp3) is 0.853. The number of carbonyl (C=O) groups excluding carboxylic acids is 2. The molecule has 1 atom stereocenters. The van der Waals surface area contributed by atoms with Gasteiger partial charge in [-0.05, 0) is 26.7 Å². The first-order valence-electron chi connectivity index (χ1n) is 17.4. The first-order chi connectivity index (χ1) is 21.0. The fourth-order valence-electron chi connectivity index (χ4n) is 5.15. The molecule has 1 aromatic rings. The third kappa shape index (κ3) is 22.3. The van der Waals surface area contributed by atoms with Crippen molar-refractivity contribution in [3.8, 4) is 0 Å². The van der Waals surface area contributed by atoms with Crippen LogP contribution in [0.3, 0.4) is 0 Å². The molecule has 1 aromatic heterocycles. The number of nitrogens with zero attached hydrogens (tertiary/aromatic N) is 2. The molecule has 0 aromatic carbocycles. The number of unbranched alkanes of at least 4 members (excludes halogenated alkanes) is 16. The summed E-state index contributed by atoms with van der Waals surface area (Å²) in [5.74, 6) is 0. The molecule has 0 spiro atoms. The number of ether oxygens (including phenoxy) is 2. The van der Waals surface area contributed by atoms with Crippen LogP contribution in [0, 0.1) is 0 Å². The normalized spacial score (nSPS) is 11.9. The van der Waals surface area contributed by atoms with E-state index in [0.29, 0.717) is 19.7 Å². The Bertz CT molecular complexity index is 778. The van der Waals surface area contributed by atoms with E-state index in [2.05, 4.69) is 39.2 Å². The lowest BCUT2D eigenvalue weighted by Gasteiger charge is -2.30. The third-order valence-electron chi connectivity index (χ3n) is 7.85. The minimum Gasteiger partial charge on any atom is -0.442 e. The monoisotopic (exact) mass is 625 g/mol. The molecule has 2 N–H and O–H groups in total. The minimum atomic E-state index is -0.533. The third-order valence-corrected chi connectivity index (χ3v) is 8.53. The molecule has 8 nitrogen and oxygen atoms in total. The average molecular weight is 626 g/mol. The summed E-state index contributed by atoms with van der Waals surface area (Å²) in [7, 11) is 1.54. The first kappa shape index (κ1) is 39.2. The lowest BCUT2D eigenvalue weighted by Crippen LogP contribution is -2.49. The molecule has 3 amide bonds. The van der Waals surface area contributed by atoms with E-state index in [1.165, 1.54) is 96.9 Å². The molecule has 0 aliphatic rings. The van der Waals surface area contributed by atoms with E-state index in [-0.39, 0.29) is 18.7 Å². The number of rotatable bonds is 28. The van der Waals surface area contributed by atoms with Gasteiger partial charge in [0.1, 0.15) is 12.6 Å². The molecule has 9 heteroatoms. The molecule has 0 saturated carbocycles. The Kier molecular flexibility index (Phi) is 25.2. The largest absolute Gasteiger partial charge is 0.442 e. The summed E-state index contributed by atoms with van der Waals surface area (Å²) in [4.78, 5) is 26.7. The molecule has 0 fully saturated rings. The van der Waals surface area contributed by atoms with Crippen LogP contribution in [0.15, 0.2) is 17.1 Å². The van der Waals surface area contributed by atoms with Gasteiger partial charge in [-0.15, -0.1) is 0 Å². The van der Waals surface area contributed by atoms with Crippen molar-refractivity contribution >= 4 is 23.5 Å². The van der Waals surface area contributed by atoms with Crippen LogP contribution in [0.25, 0.3) is 0 Å². The standard InChI is InChI=1S/C34H64N4O4S/c1-5-6-7-8-9-10-11-12-13-14-15-16-17-18-19-20-23-36-33(39)38(31(2)3)28-32(42-34(40)35-4)29-41-26-22-21-24-37-25-27-43-30-37/h25,27,30-32H,5-24,26,28-29H2,1-4H3,(H-,35,36,39,40)/p+1. The van der Waals surface area contributed by atoms with Crippen molar-refractivity contribution in [1.82, 2.24) is 15.5 Å². The van der Waals surface area contributed by atoms with Gasteiger partial charge in [-0.2, -0.15) is 4.57 Å². The number of amides is 3. The summed E-state index contributed by atoms with van der Waals surface area (Å²) in [5.41, 5.74) is 2.10. The number of hydrogen-bond acceptors (Lipinski definition) is 5. The Morgan fingerprint density at radius 1 is 0.837 bits per heavy atom. The average Bonchev–Trinajstić information content (AvgIpc) is 3.52. The second-order valence-electron chi connectivity index (χ2n) is 12.1. The van der Waals surface area contributed by atoms with Gasteiger partial charge in [-0.25, -0.2) is 9.59 Å². The molecule has 0 aliphatic carbocycles. The van der Waals surface area contributed by atoms with Crippen molar-refractivity contribution in [3.05, 3.63) is 17.1 Å². The molecule has 1 unspecified atom stereocenters. The van der Waals surface area contributed by atoms with E-state index in [1.807, 2.05) is 13.8 Å². The second-order valence-corrected chi connectivity index (χ2v) is 12.9. The van der Waals surface area contributed by atoms with Crippen molar-refractivity contribution < 1.29 is 23.6 Å². The van der Waals surface area contributed by atoms with E-state index in [1.54, 1.807) is 16.2 Å². The number of hydrogen-bond donors (Lipinski definition) is 2. The lowest BCUT2D eigenvalue weighted by atomic mass is 10.0. The molecular formula is C34H65N4O4S+. The maximum absolute atomic E-state index is 13.0. The van der Waals surface area contributed by atoms with Gasteiger partial charge in [-0.1, -0.05) is 115 Å². The highest BCUT2D eigenvalue weighted by molar-refractivity contribution is 7.07. The number of aromatic nitrogens is 1. The SMILES string of the molecule is CCCCCCCCCCCCCCCCCCNC(=O)N(CC(COCCCC[n+]1ccsc1)OC(=O)NC)C(C)C. The van der Waals surface area contributed by atoms with Gasteiger partial charge in [0.2, 0.25) is 5.51 Å². The fourth-order valence-corrected chi connectivity index (χ4v) is 5.78. The number of carbonyl (C=O) groups is 2. The summed E-state index contributed by atoms with van der Waals surface area (Å²) in [6.45, 7) is 9.01. The second kappa shape index (κ2) is 27.7. The Balaban J connectivity index is 2.15. The highest BCUT2D eigenvalue weighted by Crippen LogP contribution is 2.14. The number of nitrogens with one attached hydrogen (secondary N) is 2. The maximum Gasteiger partial charge on any atom is 0.407 e. The zero-order valence-corrected chi connectivity index (χ0v) is 28.9. The van der Waals surface area contributed by atoms with Crippen molar-refractivity contribution in [2.75, 3.05) is 33.4 Å².